The zero-order valence-electron chi connectivity index (χ0n) is 14.8. The maximum Gasteiger partial charge on any atom is 0.356 e. The van der Waals surface area contributed by atoms with E-state index in [1.54, 1.807) is 19.1 Å². The fourth-order valence-corrected chi connectivity index (χ4v) is 3.98. The largest absolute Gasteiger partial charge is 0.461 e. The lowest BCUT2D eigenvalue weighted by Crippen LogP contribution is -2.55. The van der Waals surface area contributed by atoms with E-state index in [4.69, 9.17) is 16.3 Å². The minimum Gasteiger partial charge on any atom is -0.461 e. The van der Waals surface area contributed by atoms with Gasteiger partial charge in [-0.2, -0.15) is 0 Å². The van der Waals surface area contributed by atoms with Crippen LogP contribution in [0.3, 0.4) is 0 Å². The summed E-state index contributed by atoms with van der Waals surface area (Å²) in [6.07, 6.45) is 1.26. The average Bonchev–Trinajstić information content (AvgIpc) is 3.06. The van der Waals surface area contributed by atoms with Crippen molar-refractivity contribution in [1.82, 2.24) is 10.9 Å². The fraction of sp³-hybridized carbons (Fsp3) is 0.238. The monoisotopic (exact) mass is 382 g/mol. The van der Waals surface area contributed by atoms with Gasteiger partial charge >= 0.3 is 5.97 Å². The summed E-state index contributed by atoms with van der Waals surface area (Å²) in [6.45, 7) is 2.00. The first-order valence-corrected chi connectivity index (χ1v) is 9.28. The molecule has 0 fully saturated rings. The van der Waals surface area contributed by atoms with Gasteiger partial charge in [0, 0.05) is 16.2 Å². The van der Waals surface area contributed by atoms with Crippen molar-refractivity contribution in [1.29, 1.82) is 0 Å². The number of carbonyl (C=O) groups excluding carboxylic acids is 2. The van der Waals surface area contributed by atoms with Gasteiger partial charge in [-0.3, -0.25) is 4.79 Å². The maximum absolute atomic E-state index is 13.5. The van der Waals surface area contributed by atoms with E-state index in [9.17, 15) is 9.59 Å². The van der Waals surface area contributed by atoms with E-state index in [1.807, 2.05) is 36.4 Å². The first-order chi connectivity index (χ1) is 13.1. The third-order valence-electron chi connectivity index (χ3n) is 5.11. The molecule has 4 rings (SSSR count). The number of hydrogen-bond donors (Lipinski definition) is 2. The standard InChI is InChI=1S/C21H19ClN2O3/c1-2-27-20(26)18-17(14-7-9-15(22)10-8-14)21(24-23-18)12-11-13-5-3-4-6-16(13)19(21)25/h3-10,23-24H,2,11-12H2,1H3/t21-/m0/s1. The van der Waals surface area contributed by atoms with Gasteiger partial charge in [-0.15, -0.1) is 0 Å². The number of halogens is 1. The number of fused-ring (bicyclic) bond motifs is 1. The zero-order valence-corrected chi connectivity index (χ0v) is 15.6. The Balaban J connectivity index is 1.89. The molecule has 0 saturated heterocycles. The Morgan fingerprint density at radius 1 is 1.19 bits per heavy atom. The molecule has 2 aliphatic rings. The fourth-order valence-electron chi connectivity index (χ4n) is 3.85. The van der Waals surface area contributed by atoms with Gasteiger partial charge in [-0.05, 0) is 43.0 Å². The predicted octanol–water partition coefficient (Wildman–Crippen LogP) is 3.29. The summed E-state index contributed by atoms with van der Waals surface area (Å²) in [7, 11) is 0. The normalized spacial score (nSPS) is 21.2. The number of Topliss-reactive ketones (excluding diaryl/α,β-unsaturated/α-hetero) is 1. The highest BCUT2D eigenvalue weighted by molar-refractivity contribution is 6.30. The van der Waals surface area contributed by atoms with E-state index in [1.165, 1.54) is 0 Å². The molecule has 1 atom stereocenters. The van der Waals surface area contributed by atoms with Crippen LogP contribution in [0.15, 0.2) is 54.2 Å². The van der Waals surface area contributed by atoms with Crippen molar-refractivity contribution in [3.05, 3.63) is 75.9 Å². The highest BCUT2D eigenvalue weighted by atomic mass is 35.5. The van der Waals surface area contributed by atoms with Crippen LogP contribution in [0, 0.1) is 0 Å². The van der Waals surface area contributed by atoms with Gasteiger partial charge in [-0.1, -0.05) is 48.0 Å². The molecule has 0 radical (unpaired) electrons. The van der Waals surface area contributed by atoms with E-state index in [2.05, 4.69) is 10.9 Å². The second kappa shape index (κ2) is 6.83. The number of esters is 1. The molecule has 0 bridgehead atoms. The lowest BCUT2D eigenvalue weighted by molar-refractivity contribution is -0.138. The smallest absolute Gasteiger partial charge is 0.356 e. The summed E-state index contributed by atoms with van der Waals surface area (Å²) >= 11 is 6.03. The van der Waals surface area contributed by atoms with Crippen molar-refractivity contribution in [2.24, 2.45) is 0 Å². The summed E-state index contributed by atoms with van der Waals surface area (Å²) < 4.78 is 5.20. The maximum atomic E-state index is 13.5. The topological polar surface area (TPSA) is 67.4 Å². The van der Waals surface area contributed by atoms with Crippen LogP contribution in [-0.2, 0) is 16.0 Å². The van der Waals surface area contributed by atoms with Crippen molar-refractivity contribution < 1.29 is 14.3 Å². The Hall–Kier alpha value is -2.63. The van der Waals surface area contributed by atoms with Crippen LogP contribution in [0.4, 0.5) is 0 Å². The first kappa shape index (κ1) is 17.8. The lowest BCUT2D eigenvalue weighted by atomic mass is 9.71. The van der Waals surface area contributed by atoms with Crippen molar-refractivity contribution in [2.45, 2.75) is 25.3 Å². The molecule has 0 amide bonds. The number of benzene rings is 2. The van der Waals surface area contributed by atoms with Gasteiger partial charge in [0.15, 0.2) is 5.78 Å². The number of nitrogens with one attached hydrogen (secondary N) is 2. The molecule has 2 N–H and O–H groups in total. The van der Waals surface area contributed by atoms with Crippen LogP contribution in [0.2, 0.25) is 5.02 Å². The van der Waals surface area contributed by atoms with Gasteiger partial charge in [0.1, 0.15) is 11.2 Å². The zero-order chi connectivity index (χ0) is 19.0. The van der Waals surface area contributed by atoms with Crippen molar-refractivity contribution in [2.75, 3.05) is 6.61 Å². The quantitative estimate of drug-likeness (QED) is 0.797. The molecule has 0 unspecified atom stereocenters. The molecule has 0 aromatic heterocycles. The number of ketones is 1. The molecule has 1 aliphatic heterocycles. The number of rotatable bonds is 3. The van der Waals surface area contributed by atoms with Crippen LogP contribution in [0.5, 0.6) is 0 Å². The molecule has 1 spiro atoms. The van der Waals surface area contributed by atoms with Gasteiger partial charge < -0.3 is 10.2 Å². The molecule has 5 nitrogen and oxygen atoms in total. The van der Waals surface area contributed by atoms with Gasteiger partial charge in [0.05, 0.1) is 6.61 Å². The second-order valence-corrected chi connectivity index (χ2v) is 7.06. The van der Waals surface area contributed by atoms with Crippen molar-refractivity contribution in [3.63, 3.8) is 0 Å². The summed E-state index contributed by atoms with van der Waals surface area (Å²) in [5, 5.41) is 0.588. The lowest BCUT2D eigenvalue weighted by Gasteiger charge is -2.35. The predicted molar refractivity (Wildman–Crippen MR) is 103 cm³/mol. The van der Waals surface area contributed by atoms with E-state index in [0.717, 1.165) is 17.5 Å². The third-order valence-corrected chi connectivity index (χ3v) is 5.36. The van der Waals surface area contributed by atoms with E-state index in [0.29, 0.717) is 22.6 Å². The molecule has 2 aromatic rings. The Morgan fingerprint density at radius 3 is 2.67 bits per heavy atom. The molecule has 1 heterocycles. The highest BCUT2D eigenvalue weighted by Gasteiger charge is 2.51. The summed E-state index contributed by atoms with van der Waals surface area (Å²) in [5.74, 6) is -0.542. The molecule has 1 aliphatic carbocycles. The van der Waals surface area contributed by atoms with Crippen LogP contribution < -0.4 is 10.9 Å². The van der Waals surface area contributed by atoms with E-state index >= 15 is 0 Å². The molecule has 138 valence electrons. The SMILES string of the molecule is CCOC(=O)C1=C(c2ccc(Cl)cc2)[C@]2(CCc3ccccc3C2=O)NN1. The van der Waals surface area contributed by atoms with E-state index < -0.39 is 11.5 Å². The van der Waals surface area contributed by atoms with Crippen molar-refractivity contribution in [3.8, 4) is 0 Å². The number of hydrazine groups is 1. The van der Waals surface area contributed by atoms with Gasteiger partial charge in [-0.25, -0.2) is 10.2 Å². The second-order valence-electron chi connectivity index (χ2n) is 6.62. The summed E-state index contributed by atoms with van der Waals surface area (Å²) in [6, 6.07) is 14.7. The van der Waals surface area contributed by atoms with Gasteiger partial charge in [0.25, 0.3) is 0 Å². The Bertz CT molecular complexity index is 952. The molecular weight excluding hydrogens is 364 g/mol. The van der Waals surface area contributed by atoms with Crippen LogP contribution >= 0.6 is 11.6 Å². The van der Waals surface area contributed by atoms with Crippen LogP contribution in [0.1, 0.15) is 34.8 Å². The molecule has 6 heteroatoms. The third kappa shape index (κ3) is 2.83. The first-order valence-electron chi connectivity index (χ1n) is 8.90. The number of aryl methyl sites for hydroxylation is 1. The average molecular weight is 383 g/mol. The summed E-state index contributed by atoms with van der Waals surface area (Å²) in [4.78, 5) is 26.1. The van der Waals surface area contributed by atoms with Crippen LogP contribution in [-0.4, -0.2) is 23.9 Å². The Labute approximate surface area is 162 Å². The minimum atomic E-state index is -1.02. The number of ether oxygens (including phenoxy) is 1. The van der Waals surface area contributed by atoms with Gasteiger partial charge in [0.2, 0.25) is 0 Å². The number of carbonyl (C=O) groups is 2. The summed E-state index contributed by atoms with van der Waals surface area (Å²) in [5.41, 5.74) is 8.35. The van der Waals surface area contributed by atoms with E-state index in [-0.39, 0.29) is 18.1 Å². The molecule has 2 aromatic carbocycles. The molecular formula is C21H19ClN2O3. The minimum absolute atomic E-state index is 0.0545. The van der Waals surface area contributed by atoms with Crippen molar-refractivity contribution >= 4 is 28.9 Å². The van der Waals surface area contributed by atoms with Crippen LogP contribution in [0.25, 0.3) is 5.57 Å². The highest BCUT2D eigenvalue weighted by Crippen LogP contribution is 2.42. The molecule has 27 heavy (non-hydrogen) atoms. The Kier molecular flexibility index (Phi) is 4.50. The molecule has 0 saturated carbocycles. The Morgan fingerprint density at radius 2 is 1.93 bits per heavy atom. The number of hydrogen-bond acceptors (Lipinski definition) is 5.